The molecule has 0 aromatic heterocycles. The van der Waals surface area contributed by atoms with Crippen LogP contribution in [0.5, 0.6) is 0 Å². The zero-order valence-corrected chi connectivity index (χ0v) is 13.5. The van der Waals surface area contributed by atoms with Gasteiger partial charge in [0.1, 0.15) is 0 Å². The molecule has 5 nitrogen and oxygen atoms in total. The SMILES string of the molecule is C[C@@H]1CCCC[C@@H]1OCCNC(=O)N(C)C[C@@H]1CCOC1. The lowest BCUT2D eigenvalue weighted by Crippen LogP contribution is -2.41. The smallest absolute Gasteiger partial charge is 0.317 e. The number of carbonyl (C=O) groups excluding carboxylic acids is 1. The van der Waals surface area contributed by atoms with Crippen molar-refractivity contribution in [2.24, 2.45) is 11.8 Å². The minimum atomic E-state index is -0.0119. The molecule has 1 aliphatic heterocycles. The van der Waals surface area contributed by atoms with Crippen LogP contribution in [0.15, 0.2) is 0 Å². The maximum absolute atomic E-state index is 12.0. The van der Waals surface area contributed by atoms with E-state index in [1.54, 1.807) is 4.90 Å². The van der Waals surface area contributed by atoms with Crippen LogP contribution in [-0.4, -0.2) is 57.0 Å². The van der Waals surface area contributed by atoms with Crippen LogP contribution >= 0.6 is 0 Å². The Balaban J connectivity index is 1.55. The van der Waals surface area contributed by atoms with E-state index in [9.17, 15) is 4.79 Å². The average Bonchev–Trinajstić information content (AvgIpc) is 2.98. The standard InChI is InChI=1S/C16H30N2O3/c1-13-5-3-4-6-15(13)21-10-8-17-16(19)18(2)11-14-7-9-20-12-14/h13-15H,3-12H2,1-2H3,(H,17,19)/t13-,14+,15+/m1/s1. The van der Waals surface area contributed by atoms with Gasteiger partial charge < -0.3 is 19.7 Å². The summed E-state index contributed by atoms with van der Waals surface area (Å²) < 4.78 is 11.2. The summed E-state index contributed by atoms with van der Waals surface area (Å²) in [4.78, 5) is 13.7. The molecule has 0 unspecified atom stereocenters. The first-order chi connectivity index (χ1) is 10.2. The van der Waals surface area contributed by atoms with Crippen LogP contribution in [0.1, 0.15) is 39.0 Å². The Bertz CT molecular complexity index is 319. The first kappa shape index (κ1) is 16.6. The van der Waals surface area contributed by atoms with Gasteiger partial charge in [0.15, 0.2) is 0 Å². The third kappa shape index (κ3) is 5.47. The summed E-state index contributed by atoms with van der Waals surface area (Å²) in [6.45, 7) is 5.84. The predicted octanol–water partition coefficient (Wildman–Crippen LogP) is 2.26. The van der Waals surface area contributed by atoms with E-state index in [4.69, 9.17) is 9.47 Å². The van der Waals surface area contributed by atoms with E-state index in [1.807, 2.05) is 7.05 Å². The second kappa shape index (κ2) is 8.59. The fourth-order valence-corrected chi connectivity index (χ4v) is 3.23. The van der Waals surface area contributed by atoms with E-state index in [0.717, 1.165) is 32.6 Å². The van der Waals surface area contributed by atoms with Crippen molar-refractivity contribution in [1.82, 2.24) is 10.2 Å². The third-order valence-electron chi connectivity index (χ3n) is 4.65. The van der Waals surface area contributed by atoms with Gasteiger partial charge in [0.05, 0.1) is 19.3 Å². The molecule has 122 valence electrons. The Kier molecular flexibility index (Phi) is 6.77. The first-order valence-corrected chi connectivity index (χ1v) is 8.35. The second-order valence-corrected chi connectivity index (χ2v) is 6.51. The van der Waals surface area contributed by atoms with Crippen molar-refractivity contribution in [3.8, 4) is 0 Å². The molecule has 2 fully saturated rings. The molecule has 2 rings (SSSR count). The number of rotatable bonds is 6. The zero-order chi connectivity index (χ0) is 15.1. The Labute approximate surface area is 128 Å². The molecule has 0 radical (unpaired) electrons. The van der Waals surface area contributed by atoms with E-state index in [0.29, 0.717) is 31.1 Å². The number of nitrogens with one attached hydrogen (secondary N) is 1. The molecule has 21 heavy (non-hydrogen) atoms. The molecule has 5 heteroatoms. The van der Waals surface area contributed by atoms with Crippen LogP contribution in [0.3, 0.4) is 0 Å². The van der Waals surface area contributed by atoms with Gasteiger partial charge in [-0.3, -0.25) is 0 Å². The van der Waals surface area contributed by atoms with Gasteiger partial charge in [0, 0.05) is 32.7 Å². The fourth-order valence-electron chi connectivity index (χ4n) is 3.23. The summed E-state index contributed by atoms with van der Waals surface area (Å²) >= 11 is 0. The van der Waals surface area contributed by atoms with Gasteiger partial charge in [-0.05, 0) is 25.2 Å². The quantitative estimate of drug-likeness (QED) is 0.765. The molecule has 1 aliphatic carbocycles. The molecule has 1 saturated carbocycles. The Hall–Kier alpha value is -0.810. The van der Waals surface area contributed by atoms with Gasteiger partial charge >= 0.3 is 6.03 Å². The van der Waals surface area contributed by atoms with Gasteiger partial charge in [0.25, 0.3) is 0 Å². The van der Waals surface area contributed by atoms with Gasteiger partial charge in [-0.15, -0.1) is 0 Å². The van der Waals surface area contributed by atoms with Crippen molar-refractivity contribution in [2.45, 2.75) is 45.1 Å². The van der Waals surface area contributed by atoms with Crippen LogP contribution in [0.25, 0.3) is 0 Å². The monoisotopic (exact) mass is 298 g/mol. The largest absolute Gasteiger partial charge is 0.381 e. The van der Waals surface area contributed by atoms with Crippen LogP contribution in [0.2, 0.25) is 0 Å². The van der Waals surface area contributed by atoms with Crippen LogP contribution in [-0.2, 0) is 9.47 Å². The zero-order valence-electron chi connectivity index (χ0n) is 13.5. The van der Waals surface area contributed by atoms with Gasteiger partial charge in [-0.1, -0.05) is 19.8 Å². The fraction of sp³-hybridized carbons (Fsp3) is 0.938. The average molecular weight is 298 g/mol. The maximum atomic E-state index is 12.0. The Morgan fingerprint density at radius 3 is 2.86 bits per heavy atom. The van der Waals surface area contributed by atoms with E-state index in [-0.39, 0.29) is 6.03 Å². The summed E-state index contributed by atoms with van der Waals surface area (Å²) in [5, 5.41) is 2.93. The normalized spacial score (nSPS) is 29.3. The number of urea groups is 1. The molecule has 1 heterocycles. The Morgan fingerprint density at radius 1 is 1.33 bits per heavy atom. The van der Waals surface area contributed by atoms with Gasteiger partial charge in [0.2, 0.25) is 0 Å². The second-order valence-electron chi connectivity index (χ2n) is 6.51. The van der Waals surface area contributed by atoms with E-state index in [1.165, 1.54) is 19.3 Å². The molecular formula is C16H30N2O3. The van der Waals surface area contributed by atoms with E-state index >= 15 is 0 Å². The number of nitrogens with zero attached hydrogens (tertiary/aromatic N) is 1. The van der Waals surface area contributed by atoms with Crippen molar-refractivity contribution in [2.75, 3.05) is 40.0 Å². The summed E-state index contributed by atoms with van der Waals surface area (Å²) in [5.41, 5.74) is 0. The summed E-state index contributed by atoms with van der Waals surface area (Å²) in [7, 11) is 1.84. The lowest BCUT2D eigenvalue weighted by Gasteiger charge is -2.29. The topological polar surface area (TPSA) is 50.8 Å². The van der Waals surface area contributed by atoms with Crippen LogP contribution in [0, 0.1) is 11.8 Å². The highest BCUT2D eigenvalue weighted by atomic mass is 16.5. The van der Waals surface area contributed by atoms with E-state index < -0.39 is 0 Å². The highest BCUT2D eigenvalue weighted by molar-refractivity contribution is 5.73. The number of ether oxygens (including phenoxy) is 2. The first-order valence-electron chi connectivity index (χ1n) is 8.35. The number of carbonyl (C=O) groups is 1. The summed E-state index contributed by atoms with van der Waals surface area (Å²) in [6, 6.07) is -0.0119. The van der Waals surface area contributed by atoms with Gasteiger partial charge in [-0.2, -0.15) is 0 Å². The number of hydrogen-bond donors (Lipinski definition) is 1. The van der Waals surface area contributed by atoms with E-state index in [2.05, 4.69) is 12.2 Å². The molecule has 1 N–H and O–H groups in total. The highest BCUT2D eigenvalue weighted by Gasteiger charge is 2.22. The van der Waals surface area contributed by atoms with Crippen molar-refractivity contribution in [1.29, 1.82) is 0 Å². The van der Waals surface area contributed by atoms with Crippen molar-refractivity contribution >= 4 is 6.03 Å². The third-order valence-corrected chi connectivity index (χ3v) is 4.65. The lowest BCUT2D eigenvalue weighted by atomic mass is 9.88. The molecular weight excluding hydrogens is 268 g/mol. The molecule has 2 amide bonds. The molecule has 0 bridgehead atoms. The van der Waals surface area contributed by atoms with Gasteiger partial charge in [-0.25, -0.2) is 4.79 Å². The number of hydrogen-bond acceptors (Lipinski definition) is 3. The molecule has 0 aromatic carbocycles. The summed E-state index contributed by atoms with van der Waals surface area (Å²) in [5.74, 6) is 1.14. The maximum Gasteiger partial charge on any atom is 0.317 e. The predicted molar refractivity (Wildman–Crippen MR) is 82.3 cm³/mol. The van der Waals surface area contributed by atoms with Crippen molar-refractivity contribution < 1.29 is 14.3 Å². The lowest BCUT2D eigenvalue weighted by molar-refractivity contribution is -0.00268. The minimum Gasteiger partial charge on any atom is -0.381 e. The minimum absolute atomic E-state index is 0.0119. The molecule has 2 aliphatic rings. The van der Waals surface area contributed by atoms with Crippen molar-refractivity contribution in [3.63, 3.8) is 0 Å². The Morgan fingerprint density at radius 2 is 2.14 bits per heavy atom. The number of amides is 2. The highest BCUT2D eigenvalue weighted by Crippen LogP contribution is 2.25. The van der Waals surface area contributed by atoms with Crippen LogP contribution < -0.4 is 5.32 Å². The molecule has 3 atom stereocenters. The molecule has 0 aromatic rings. The molecule has 0 spiro atoms. The molecule has 1 saturated heterocycles. The van der Waals surface area contributed by atoms with Crippen molar-refractivity contribution in [3.05, 3.63) is 0 Å². The van der Waals surface area contributed by atoms with Crippen LogP contribution in [0.4, 0.5) is 4.79 Å². The summed E-state index contributed by atoms with van der Waals surface area (Å²) in [6.07, 6.45) is 6.46.